The molecule has 2 rings (SSSR count). The van der Waals surface area contributed by atoms with Gasteiger partial charge in [0.25, 0.3) is 0 Å². The Bertz CT molecular complexity index is 502. The molecular weight excluding hydrogens is 206 g/mol. The zero-order chi connectivity index (χ0) is 11.5. The Balaban J connectivity index is 2.32. The zero-order valence-corrected chi connectivity index (χ0v) is 8.80. The Kier molecular flexibility index (Phi) is 2.72. The number of hydrogen-bond donors (Lipinski definition) is 1. The van der Waals surface area contributed by atoms with Crippen LogP contribution in [0.3, 0.4) is 0 Å². The summed E-state index contributed by atoms with van der Waals surface area (Å²) in [6, 6.07) is 9.55. The summed E-state index contributed by atoms with van der Waals surface area (Å²) in [5.74, 6) is -0.596. The molecule has 1 N–H and O–H groups in total. The van der Waals surface area contributed by atoms with E-state index in [9.17, 15) is 4.79 Å². The largest absolute Gasteiger partial charge is 0.477 e. The minimum atomic E-state index is -0.996. The van der Waals surface area contributed by atoms with E-state index in [1.807, 2.05) is 30.3 Å². The predicted octanol–water partition coefficient (Wildman–Crippen LogP) is 2.27. The number of nitrogens with zero attached hydrogens (tertiary/aromatic N) is 1. The van der Waals surface area contributed by atoms with E-state index < -0.39 is 5.97 Å². The van der Waals surface area contributed by atoms with Crippen LogP contribution in [0, 0.1) is 6.92 Å². The van der Waals surface area contributed by atoms with Gasteiger partial charge in [0, 0.05) is 6.42 Å². The highest BCUT2D eigenvalue weighted by Crippen LogP contribution is 2.17. The van der Waals surface area contributed by atoms with Crippen LogP contribution in [0.4, 0.5) is 0 Å². The van der Waals surface area contributed by atoms with Crippen LogP contribution in [0.2, 0.25) is 0 Å². The number of aryl methyl sites for hydroxylation is 1. The molecule has 0 atom stereocenters. The summed E-state index contributed by atoms with van der Waals surface area (Å²) in [4.78, 5) is 11.0. The standard InChI is InChI=1S/C12H11NO3/c1-8-11(12(14)15)10(16-13-8)7-9-5-3-2-4-6-9/h2-6H,7H2,1H3,(H,14,15). The van der Waals surface area contributed by atoms with Crippen molar-refractivity contribution >= 4 is 5.97 Å². The molecule has 0 amide bonds. The molecule has 0 fully saturated rings. The molecule has 1 heterocycles. The normalized spacial score (nSPS) is 10.3. The van der Waals surface area contributed by atoms with Gasteiger partial charge in [-0.25, -0.2) is 4.79 Å². The number of aromatic nitrogens is 1. The number of carboxylic acids is 1. The van der Waals surface area contributed by atoms with E-state index in [-0.39, 0.29) is 5.56 Å². The first-order valence-electron chi connectivity index (χ1n) is 4.91. The van der Waals surface area contributed by atoms with Crippen molar-refractivity contribution in [2.75, 3.05) is 0 Å². The van der Waals surface area contributed by atoms with Crippen molar-refractivity contribution in [2.45, 2.75) is 13.3 Å². The van der Waals surface area contributed by atoms with Crippen molar-refractivity contribution in [3.63, 3.8) is 0 Å². The van der Waals surface area contributed by atoms with Crippen LogP contribution in [-0.2, 0) is 6.42 Å². The molecule has 1 aromatic heterocycles. The van der Waals surface area contributed by atoms with Crippen LogP contribution >= 0.6 is 0 Å². The zero-order valence-electron chi connectivity index (χ0n) is 8.80. The van der Waals surface area contributed by atoms with E-state index >= 15 is 0 Å². The maximum atomic E-state index is 11.0. The number of benzene rings is 1. The van der Waals surface area contributed by atoms with Gasteiger partial charge < -0.3 is 9.63 Å². The molecule has 0 aliphatic rings. The third-order valence-corrected chi connectivity index (χ3v) is 2.35. The first-order valence-corrected chi connectivity index (χ1v) is 4.91. The van der Waals surface area contributed by atoms with Crippen molar-refractivity contribution in [3.05, 3.63) is 52.9 Å². The molecule has 0 saturated heterocycles. The van der Waals surface area contributed by atoms with E-state index in [2.05, 4.69) is 5.16 Å². The van der Waals surface area contributed by atoms with Crippen LogP contribution < -0.4 is 0 Å². The van der Waals surface area contributed by atoms with Crippen molar-refractivity contribution in [1.29, 1.82) is 0 Å². The Hall–Kier alpha value is -2.10. The third-order valence-electron chi connectivity index (χ3n) is 2.35. The molecule has 0 aliphatic heterocycles. The van der Waals surface area contributed by atoms with E-state index in [1.54, 1.807) is 6.92 Å². The summed E-state index contributed by atoms with van der Waals surface area (Å²) >= 11 is 0. The number of rotatable bonds is 3. The quantitative estimate of drug-likeness (QED) is 0.856. The van der Waals surface area contributed by atoms with Crippen molar-refractivity contribution in [1.82, 2.24) is 5.16 Å². The average molecular weight is 217 g/mol. The maximum absolute atomic E-state index is 11.0. The first-order chi connectivity index (χ1) is 7.68. The molecule has 2 aromatic rings. The Morgan fingerprint density at radius 3 is 2.69 bits per heavy atom. The van der Waals surface area contributed by atoms with E-state index in [0.29, 0.717) is 17.9 Å². The van der Waals surface area contributed by atoms with Crippen LogP contribution in [0.1, 0.15) is 27.4 Å². The minimum absolute atomic E-state index is 0.170. The van der Waals surface area contributed by atoms with Crippen molar-refractivity contribution < 1.29 is 14.4 Å². The average Bonchev–Trinajstić information content (AvgIpc) is 2.61. The van der Waals surface area contributed by atoms with Crippen LogP contribution in [-0.4, -0.2) is 16.2 Å². The molecular formula is C12H11NO3. The molecule has 16 heavy (non-hydrogen) atoms. The Morgan fingerprint density at radius 2 is 2.06 bits per heavy atom. The highest BCUT2D eigenvalue weighted by molar-refractivity contribution is 5.89. The second-order valence-electron chi connectivity index (χ2n) is 3.53. The molecule has 0 radical (unpaired) electrons. The number of aromatic carboxylic acids is 1. The highest BCUT2D eigenvalue weighted by atomic mass is 16.5. The smallest absolute Gasteiger partial charge is 0.341 e. The van der Waals surface area contributed by atoms with E-state index in [0.717, 1.165) is 5.56 Å². The van der Waals surface area contributed by atoms with Gasteiger partial charge in [-0.1, -0.05) is 35.5 Å². The van der Waals surface area contributed by atoms with Gasteiger partial charge in [0.1, 0.15) is 5.56 Å². The summed E-state index contributed by atoms with van der Waals surface area (Å²) in [6.45, 7) is 1.63. The lowest BCUT2D eigenvalue weighted by Gasteiger charge is -1.98. The van der Waals surface area contributed by atoms with Crippen LogP contribution in [0.5, 0.6) is 0 Å². The monoisotopic (exact) mass is 217 g/mol. The van der Waals surface area contributed by atoms with Crippen molar-refractivity contribution in [3.8, 4) is 0 Å². The van der Waals surface area contributed by atoms with Gasteiger partial charge in [-0.15, -0.1) is 0 Å². The predicted molar refractivity (Wildman–Crippen MR) is 57.4 cm³/mol. The molecule has 82 valence electrons. The third kappa shape index (κ3) is 1.95. The summed E-state index contributed by atoms with van der Waals surface area (Å²) in [7, 11) is 0. The van der Waals surface area contributed by atoms with Gasteiger partial charge in [-0.3, -0.25) is 0 Å². The van der Waals surface area contributed by atoms with Crippen LogP contribution in [0.25, 0.3) is 0 Å². The number of carbonyl (C=O) groups is 1. The Morgan fingerprint density at radius 1 is 1.38 bits per heavy atom. The van der Waals surface area contributed by atoms with Gasteiger partial charge in [-0.05, 0) is 12.5 Å². The van der Waals surface area contributed by atoms with E-state index in [1.165, 1.54) is 0 Å². The molecule has 4 heteroatoms. The lowest BCUT2D eigenvalue weighted by molar-refractivity contribution is 0.0694. The molecule has 0 unspecified atom stereocenters. The van der Waals surface area contributed by atoms with Gasteiger partial charge in [-0.2, -0.15) is 0 Å². The van der Waals surface area contributed by atoms with Gasteiger partial charge in [0.15, 0.2) is 5.76 Å². The molecule has 0 bridgehead atoms. The lowest BCUT2D eigenvalue weighted by atomic mass is 10.1. The Labute approximate surface area is 92.5 Å². The fourth-order valence-electron chi connectivity index (χ4n) is 1.59. The SMILES string of the molecule is Cc1noc(Cc2ccccc2)c1C(=O)O. The molecule has 0 aliphatic carbocycles. The summed E-state index contributed by atoms with van der Waals surface area (Å²) in [5.41, 5.74) is 1.59. The molecule has 0 saturated carbocycles. The second-order valence-corrected chi connectivity index (χ2v) is 3.53. The maximum Gasteiger partial charge on any atom is 0.341 e. The number of hydrogen-bond acceptors (Lipinski definition) is 3. The summed E-state index contributed by atoms with van der Waals surface area (Å²) in [6.07, 6.45) is 0.448. The highest BCUT2D eigenvalue weighted by Gasteiger charge is 2.19. The van der Waals surface area contributed by atoms with Gasteiger partial charge in [0.05, 0.1) is 5.69 Å². The topological polar surface area (TPSA) is 63.3 Å². The minimum Gasteiger partial charge on any atom is -0.477 e. The van der Waals surface area contributed by atoms with Gasteiger partial charge >= 0.3 is 5.97 Å². The molecule has 0 spiro atoms. The second kappa shape index (κ2) is 4.18. The molecule has 4 nitrogen and oxygen atoms in total. The van der Waals surface area contributed by atoms with E-state index in [4.69, 9.17) is 9.63 Å². The van der Waals surface area contributed by atoms with Crippen LogP contribution in [0.15, 0.2) is 34.9 Å². The number of carboxylic acid groups (broad SMARTS) is 1. The fraction of sp³-hybridized carbons (Fsp3) is 0.167. The fourth-order valence-corrected chi connectivity index (χ4v) is 1.59. The summed E-state index contributed by atoms with van der Waals surface area (Å²) in [5, 5.41) is 12.7. The molecule has 1 aromatic carbocycles. The summed E-state index contributed by atoms with van der Waals surface area (Å²) < 4.78 is 5.03. The van der Waals surface area contributed by atoms with Gasteiger partial charge in [0.2, 0.25) is 0 Å². The first kappa shape index (κ1) is 10.4. The van der Waals surface area contributed by atoms with Crippen molar-refractivity contribution in [2.24, 2.45) is 0 Å². The lowest BCUT2D eigenvalue weighted by Crippen LogP contribution is -2.01.